The molecule has 2 N–H and O–H groups in total. The number of rotatable bonds is 1. The molecule has 2 aromatic carbocycles. The highest BCUT2D eigenvalue weighted by atomic mass is 16.3. The smallest absolute Gasteiger partial charge is 0.123 e. The van der Waals surface area contributed by atoms with E-state index >= 15 is 0 Å². The van der Waals surface area contributed by atoms with Gasteiger partial charge >= 0.3 is 0 Å². The Labute approximate surface area is 133 Å². The van der Waals surface area contributed by atoms with Gasteiger partial charge in [0.05, 0.1) is 0 Å². The third kappa shape index (κ3) is 3.27. The van der Waals surface area contributed by atoms with Gasteiger partial charge < -0.3 is 10.2 Å². The Balaban J connectivity index is 2.73. The zero-order valence-electron chi connectivity index (χ0n) is 14.4. The maximum atomic E-state index is 10.7. The van der Waals surface area contributed by atoms with Gasteiger partial charge in [-0.25, -0.2) is 0 Å². The molecule has 0 saturated heterocycles. The van der Waals surface area contributed by atoms with Crippen LogP contribution in [0.25, 0.3) is 11.1 Å². The van der Waals surface area contributed by atoms with Gasteiger partial charge in [-0.05, 0) is 46.2 Å². The Morgan fingerprint density at radius 1 is 0.636 bits per heavy atom. The van der Waals surface area contributed by atoms with Crippen molar-refractivity contribution in [1.29, 1.82) is 0 Å². The lowest BCUT2D eigenvalue weighted by Crippen LogP contribution is -2.17. The quantitative estimate of drug-likeness (QED) is 0.744. The van der Waals surface area contributed by atoms with Crippen molar-refractivity contribution in [3.05, 3.63) is 47.5 Å². The minimum Gasteiger partial charge on any atom is -0.508 e. The molecule has 0 heterocycles. The molecular weight excluding hydrogens is 272 g/mol. The van der Waals surface area contributed by atoms with Gasteiger partial charge in [-0.15, -0.1) is 0 Å². The fraction of sp³-hybridized carbons (Fsp3) is 0.400. The van der Waals surface area contributed by atoms with Crippen molar-refractivity contribution >= 4 is 0 Å². The van der Waals surface area contributed by atoms with Gasteiger partial charge in [-0.1, -0.05) is 53.7 Å². The highest BCUT2D eigenvalue weighted by Crippen LogP contribution is 2.42. The number of benzene rings is 2. The second kappa shape index (κ2) is 5.35. The molecule has 0 radical (unpaired) electrons. The Bertz CT molecular complexity index is 633. The summed E-state index contributed by atoms with van der Waals surface area (Å²) in [4.78, 5) is 0. The average molecular weight is 298 g/mol. The maximum Gasteiger partial charge on any atom is 0.123 e. The zero-order valence-corrected chi connectivity index (χ0v) is 14.4. The number of aromatic hydroxyl groups is 2. The van der Waals surface area contributed by atoms with Crippen LogP contribution in [-0.2, 0) is 10.8 Å². The van der Waals surface area contributed by atoms with E-state index in [0.29, 0.717) is 5.75 Å². The molecule has 22 heavy (non-hydrogen) atoms. The molecule has 0 unspecified atom stereocenters. The van der Waals surface area contributed by atoms with Gasteiger partial charge in [-0.3, -0.25) is 0 Å². The van der Waals surface area contributed by atoms with Gasteiger partial charge in [0.25, 0.3) is 0 Å². The van der Waals surface area contributed by atoms with Crippen molar-refractivity contribution in [3.8, 4) is 22.6 Å². The second-order valence-corrected chi connectivity index (χ2v) is 7.97. The monoisotopic (exact) mass is 298 g/mol. The molecule has 0 atom stereocenters. The Kier molecular flexibility index (Phi) is 3.99. The van der Waals surface area contributed by atoms with Gasteiger partial charge in [-0.2, -0.15) is 0 Å². The number of phenolic OH excluding ortho intramolecular Hbond substituents is 2. The predicted octanol–water partition coefficient (Wildman–Crippen LogP) is 5.36. The van der Waals surface area contributed by atoms with Crippen LogP contribution in [0.1, 0.15) is 52.7 Å². The molecule has 0 aliphatic heterocycles. The third-order valence-corrected chi connectivity index (χ3v) is 3.93. The van der Waals surface area contributed by atoms with Crippen molar-refractivity contribution in [2.24, 2.45) is 0 Å². The Hall–Kier alpha value is -1.96. The van der Waals surface area contributed by atoms with E-state index in [1.54, 1.807) is 12.1 Å². The summed E-state index contributed by atoms with van der Waals surface area (Å²) in [7, 11) is 0. The molecule has 0 aliphatic carbocycles. The first-order valence-corrected chi connectivity index (χ1v) is 7.67. The SMILES string of the molecule is CC(C)(C)c1cc(-c2ccc(O)cc2)cc(C(C)(C)C)c1O. The summed E-state index contributed by atoms with van der Waals surface area (Å²) in [5.41, 5.74) is 3.71. The summed E-state index contributed by atoms with van der Waals surface area (Å²) >= 11 is 0. The van der Waals surface area contributed by atoms with E-state index in [9.17, 15) is 10.2 Å². The lowest BCUT2D eigenvalue weighted by Gasteiger charge is -2.28. The molecule has 0 saturated carbocycles. The highest BCUT2D eigenvalue weighted by molar-refractivity contribution is 5.69. The first-order valence-electron chi connectivity index (χ1n) is 7.67. The van der Waals surface area contributed by atoms with Crippen LogP contribution in [0.15, 0.2) is 36.4 Å². The van der Waals surface area contributed by atoms with Gasteiger partial charge in [0.2, 0.25) is 0 Å². The lowest BCUT2D eigenvalue weighted by molar-refractivity contribution is 0.423. The minimum absolute atomic E-state index is 0.142. The van der Waals surface area contributed by atoms with E-state index in [1.165, 1.54) is 0 Å². The molecule has 0 spiro atoms. The van der Waals surface area contributed by atoms with E-state index < -0.39 is 0 Å². The van der Waals surface area contributed by atoms with E-state index in [1.807, 2.05) is 12.1 Å². The molecule has 2 rings (SSSR count). The highest BCUT2D eigenvalue weighted by Gasteiger charge is 2.26. The number of hydrogen-bond donors (Lipinski definition) is 2. The molecule has 2 heteroatoms. The first-order chi connectivity index (χ1) is 10.00. The molecule has 0 fully saturated rings. The molecule has 0 bridgehead atoms. The van der Waals surface area contributed by atoms with Crippen molar-refractivity contribution in [2.45, 2.75) is 52.4 Å². The van der Waals surface area contributed by atoms with Crippen LogP contribution in [0.5, 0.6) is 11.5 Å². The zero-order chi connectivity index (χ0) is 16.7. The normalized spacial score (nSPS) is 12.5. The van der Waals surface area contributed by atoms with Crippen LogP contribution >= 0.6 is 0 Å². The van der Waals surface area contributed by atoms with Crippen LogP contribution in [0.4, 0.5) is 0 Å². The van der Waals surface area contributed by atoms with Crippen molar-refractivity contribution in [2.75, 3.05) is 0 Å². The van der Waals surface area contributed by atoms with E-state index in [2.05, 4.69) is 53.7 Å². The maximum absolute atomic E-state index is 10.7. The minimum atomic E-state index is -0.142. The largest absolute Gasteiger partial charge is 0.508 e. The van der Waals surface area contributed by atoms with E-state index in [-0.39, 0.29) is 16.6 Å². The standard InChI is InChI=1S/C20H26O2/c1-19(2,3)16-11-14(13-7-9-15(21)10-8-13)12-17(18(16)22)20(4,5)6/h7-12,21-22H,1-6H3. The van der Waals surface area contributed by atoms with Crippen LogP contribution in [0, 0.1) is 0 Å². The Morgan fingerprint density at radius 3 is 1.41 bits per heavy atom. The fourth-order valence-corrected chi connectivity index (χ4v) is 2.60. The van der Waals surface area contributed by atoms with Crippen molar-refractivity contribution in [3.63, 3.8) is 0 Å². The van der Waals surface area contributed by atoms with Crippen molar-refractivity contribution < 1.29 is 10.2 Å². The lowest BCUT2D eigenvalue weighted by atomic mass is 9.78. The molecule has 0 amide bonds. The molecule has 0 aromatic heterocycles. The topological polar surface area (TPSA) is 40.5 Å². The summed E-state index contributed by atoms with van der Waals surface area (Å²) in [5, 5.41) is 20.2. The summed E-state index contributed by atoms with van der Waals surface area (Å²) < 4.78 is 0. The average Bonchev–Trinajstić information content (AvgIpc) is 2.37. The van der Waals surface area contributed by atoms with Gasteiger partial charge in [0.15, 0.2) is 0 Å². The van der Waals surface area contributed by atoms with Crippen LogP contribution in [0.3, 0.4) is 0 Å². The molecule has 0 aliphatic rings. The van der Waals surface area contributed by atoms with E-state index in [4.69, 9.17) is 0 Å². The van der Waals surface area contributed by atoms with Gasteiger partial charge in [0.1, 0.15) is 11.5 Å². The molecule has 2 aromatic rings. The molecular formula is C20H26O2. The van der Waals surface area contributed by atoms with E-state index in [0.717, 1.165) is 22.3 Å². The summed E-state index contributed by atoms with van der Waals surface area (Å²) in [5.74, 6) is 0.650. The first kappa shape index (κ1) is 16.4. The van der Waals surface area contributed by atoms with Crippen LogP contribution < -0.4 is 0 Å². The third-order valence-electron chi connectivity index (χ3n) is 3.93. The summed E-state index contributed by atoms with van der Waals surface area (Å²) in [6, 6.07) is 11.3. The van der Waals surface area contributed by atoms with Crippen LogP contribution in [-0.4, -0.2) is 10.2 Å². The molecule has 118 valence electrons. The van der Waals surface area contributed by atoms with Gasteiger partial charge in [0, 0.05) is 11.1 Å². The number of phenols is 2. The second-order valence-electron chi connectivity index (χ2n) is 7.97. The number of hydrogen-bond acceptors (Lipinski definition) is 2. The fourth-order valence-electron chi connectivity index (χ4n) is 2.60. The van der Waals surface area contributed by atoms with Crippen LogP contribution in [0.2, 0.25) is 0 Å². The molecule has 2 nitrogen and oxygen atoms in total. The van der Waals surface area contributed by atoms with Crippen molar-refractivity contribution in [1.82, 2.24) is 0 Å². The summed E-state index contributed by atoms with van der Waals surface area (Å²) in [6.07, 6.45) is 0. The summed E-state index contributed by atoms with van der Waals surface area (Å²) in [6.45, 7) is 12.6. The Morgan fingerprint density at radius 2 is 1.05 bits per heavy atom. The predicted molar refractivity (Wildman–Crippen MR) is 92.6 cm³/mol.